The molecule has 114 valence electrons. The summed E-state index contributed by atoms with van der Waals surface area (Å²) in [5, 5.41) is 0. The topological polar surface area (TPSA) is 29.0 Å². The summed E-state index contributed by atoms with van der Waals surface area (Å²) in [5.74, 6) is 1.94. The molecule has 2 aliphatic rings. The lowest BCUT2D eigenvalue weighted by Crippen LogP contribution is -2.53. The Morgan fingerprint density at radius 3 is 2.27 bits per heavy atom. The molecule has 0 amide bonds. The first-order valence-corrected chi connectivity index (χ1v) is 8.49. The molecule has 2 aromatic heterocycles. The fourth-order valence-electron chi connectivity index (χ4n) is 4.36. The van der Waals surface area contributed by atoms with Gasteiger partial charge in [0.2, 0.25) is 0 Å². The highest BCUT2D eigenvalue weighted by Gasteiger charge is 2.38. The molecule has 0 saturated carbocycles. The van der Waals surface area contributed by atoms with Crippen molar-refractivity contribution in [2.24, 2.45) is 5.92 Å². The summed E-state index contributed by atoms with van der Waals surface area (Å²) >= 11 is 0. The number of aromatic nitrogens is 2. The van der Waals surface area contributed by atoms with Crippen LogP contribution in [0.25, 0.3) is 0 Å². The van der Waals surface area contributed by atoms with Gasteiger partial charge >= 0.3 is 0 Å². The van der Waals surface area contributed by atoms with Crippen LogP contribution in [0.2, 0.25) is 0 Å². The van der Waals surface area contributed by atoms with Gasteiger partial charge in [0, 0.05) is 30.2 Å². The highest BCUT2D eigenvalue weighted by molar-refractivity contribution is 5.42. The van der Waals surface area contributed by atoms with Crippen molar-refractivity contribution in [1.82, 2.24) is 9.97 Å². The number of nitrogens with zero attached hydrogens (tertiary/aromatic N) is 3. The molecule has 2 aromatic rings. The number of hydrogen-bond acceptors (Lipinski definition) is 3. The Kier molecular flexibility index (Phi) is 3.79. The van der Waals surface area contributed by atoms with Gasteiger partial charge in [-0.15, -0.1) is 0 Å². The van der Waals surface area contributed by atoms with Gasteiger partial charge in [0.25, 0.3) is 0 Å². The van der Waals surface area contributed by atoms with Crippen molar-refractivity contribution < 1.29 is 0 Å². The number of anilines is 1. The smallest absolute Gasteiger partial charge is 0.128 e. The predicted octanol–water partition coefficient (Wildman–Crippen LogP) is 3.86. The third-order valence-electron chi connectivity index (χ3n) is 5.21. The average Bonchev–Trinajstić information content (AvgIpc) is 2.56. The van der Waals surface area contributed by atoms with Gasteiger partial charge in [-0.25, -0.2) is 4.98 Å². The van der Waals surface area contributed by atoms with E-state index in [0.29, 0.717) is 12.1 Å². The first kappa shape index (κ1) is 13.7. The quantitative estimate of drug-likeness (QED) is 0.860. The number of pyridine rings is 2. The van der Waals surface area contributed by atoms with Crippen LogP contribution < -0.4 is 4.90 Å². The van der Waals surface area contributed by atoms with E-state index in [4.69, 9.17) is 0 Å². The van der Waals surface area contributed by atoms with E-state index in [9.17, 15) is 0 Å². The summed E-state index contributed by atoms with van der Waals surface area (Å²) in [6.07, 6.45) is 11.5. The Balaban J connectivity index is 1.51. The molecule has 2 aliphatic heterocycles. The van der Waals surface area contributed by atoms with Crippen LogP contribution in [0, 0.1) is 5.92 Å². The van der Waals surface area contributed by atoms with Crippen molar-refractivity contribution in [2.75, 3.05) is 4.90 Å². The zero-order valence-corrected chi connectivity index (χ0v) is 12.9. The second-order valence-corrected chi connectivity index (χ2v) is 6.70. The highest BCUT2D eigenvalue weighted by atomic mass is 15.3. The standard InChI is InChI=1S/C19H23N3/c1-3-10-20-16(6-1)12-15-13-17-7-5-8-18(14-15)22(17)19-9-2-4-11-21-19/h1-4,6,9-11,15,17-18H,5,7-8,12-14H2/t15-,17+,18-. The largest absolute Gasteiger partial charge is 0.351 e. The Morgan fingerprint density at radius 1 is 0.909 bits per heavy atom. The molecule has 4 rings (SSSR count). The van der Waals surface area contributed by atoms with Crippen LogP contribution in [0.1, 0.15) is 37.8 Å². The Labute approximate surface area is 132 Å². The Hall–Kier alpha value is -1.90. The summed E-state index contributed by atoms with van der Waals surface area (Å²) < 4.78 is 0. The van der Waals surface area contributed by atoms with E-state index in [1.165, 1.54) is 43.6 Å². The summed E-state index contributed by atoms with van der Waals surface area (Å²) in [7, 11) is 0. The molecule has 3 atom stereocenters. The van der Waals surface area contributed by atoms with Crippen LogP contribution >= 0.6 is 0 Å². The Bertz CT molecular complexity index is 585. The van der Waals surface area contributed by atoms with Gasteiger partial charge in [-0.1, -0.05) is 12.1 Å². The highest BCUT2D eigenvalue weighted by Crippen LogP contribution is 2.40. The van der Waals surface area contributed by atoms with E-state index in [1.54, 1.807) is 0 Å². The van der Waals surface area contributed by atoms with Crippen molar-refractivity contribution in [1.29, 1.82) is 0 Å². The molecular formula is C19H23N3. The van der Waals surface area contributed by atoms with Crippen LogP contribution in [0.3, 0.4) is 0 Å². The molecule has 0 aromatic carbocycles. The lowest BCUT2D eigenvalue weighted by Gasteiger charge is -2.49. The van der Waals surface area contributed by atoms with Crippen LogP contribution in [-0.2, 0) is 6.42 Å². The molecular weight excluding hydrogens is 270 g/mol. The normalized spacial score (nSPS) is 27.6. The monoisotopic (exact) mass is 293 g/mol. The Morgan fingerprint density at radius 2 is 1.64 bits per heavy atom. The van der Waals surface area contributed by atoms with Crippen LogP contribution in [0.15, 0.2) is 48.8 Å². The molecule has 2 fully saturated rings. The molecule has 0 radical (unpaired) electrons. The van der Waals surface area contributed by atoms with Gasteiger partial charge in [0.1, 0.15) is 5.82 Å². The van der Waals surface area contributed by atoms with E-state index < -0.39 is 0 Å². The lowest BCUT2D eigenvalue weighted by atomic mass is 9.76. The van der Waals surface area contributed by atoms with E-state index in [-0.39, 0.29) is 0 Å². The second-order valence-electron chi connectivity index (χ2n) is 6.70. The number of rotatable bonds is 3. The molecule has 0 spiro atoms. The first-order valence-electron chi connectivity index (χ1n) is 8.49. The van der Waals surface area contributed by atoms with E-state index in [0.717, 1.165) is 12.3 Å². The van der Waals surface area contributed by atoms with Gasteiger partial charge in [0.05, 0.1) is 0 Å². The predicted molar refractivity (Wildman–Crippen MR) is 88.8 cm³/mol. The van der Waals surface area contributed by atoms with Gasteiger partial charge in [-0.2, -0.15) is 0 Å². The lowest BCUT2D eigenvalue weighted by molar-refractivity contribution is 0.225. The van der Waals surface area contributed by atoms with Crippen LogP contribution in [0.5, 0.6) is 0 Å². The van der Waals surface area contributed by atoms with Gasteiger partial charge < -0.3 is 4.90 Å². The summed E-state index contributed by atoms with van der Waals surface area (Å²) in [4.78, 5) is 11.7. The molecule has 2 bridgehead atoms. The second kappa shape index (κ2) is 6.07. The molecule has 22 heavy (non-hydrogen) atoms. The first-order chi connectivity index (χ1) is 10.9. The molecule has 3 heteroatoms. The molecule has 0 N–H and O–H groups in total. The van der Waals surface area contributed by atoms with Gasteiger partial charge in [-0.05, 0) is 68.7 Å². The van der Waals surface area contributed by atoms with Crippen molar-refractivity contribution >= 4 is 5.82 Å². The average molecular weight is 293 g/mol. The summed E-state index contributed by atoms with van der Waals surface area (Å²) in [6.45, 7) is 0. The van der Waals surface area contributed by atoms with Crippen molar-refractivity contribution in [2.45, 2.75) is 50.6 Å². The molecule has 0 unspecified atom stereocenters. The number of fused-ring (bicyclic) bond motifs is 2. The maximum absolute atomic E-state index is 4.61. The number of hydrogen-bond donors (Lipinski definition) is 0. The van der Waals surface area contributed by atoms with Crippen LogP contribution in [-0.4, -0.2) is 22.1 Å². The molecule has 3 nitrogen and oxygen atoms in total. The van der Waals surface area contributed by atoms with Crippen molar-refractivity contribution in [3.8, 4) is 0 Å². The summed E-state index contributed by atoms with van der Waals surface area (Å²) in [5.41, 5.74) is 1.25. The maximum atomic E-state index is 4.61. The third kappa shape index (κ3) is 2.72. The zero-order chi connectivity index (χ0) is 14.8. The van der Waals surface area contributed by atoms with E-state index >= 15 is 0 Å². The SMILES string of the molecule is c1ccc(C[C@H]2C[C@H]3CCC[C@@H](C2)N3c2ccccn2)nc1. The third-order valence-corrected chi connectivity index (χ3v) is 5.21. The minimum Gasteiger partial charge on any atom is -0.351 e. The molecule has 0 aliphatic carbocycles. The fraction of sp³-hybridized carbons (Fsp3) is 0.474. The minimum absolute atomic E-state index is 0.663. The van der Waals surface area contributed by atoms with Gasteiger partial charge in [-0.3, -0.25) is 4.98 Å². The van der Waals surface area contributed by atoms with Crippen molar-refractivity contribution in [3.05, 3.63) is 54.5 Å². The van der Waals surface area contributed by atoms with E-state index in [2.05, 4.69) is 39.1 Å². The number of piperidine rings is 2. The molecule has 2 saturated heterocycles. The van der Waals surface area contributed by atoms with Crippen LogP contribution in [0.4, 0.5) is 5.82 Å². The fourth-order valence-corrected chi connectivity index (χ4v) is 4.36. The van der Waals surface area contributed by atoms with E-state index in [1.807, 2.05) is 24.5 Å². The zero-order valence-electron chi connectivity index (χ0n) is 12.9. The van der Waals surface area contributed by atoms with Crippen molar-refractivity contribution in [3.63, 3.8) is 0 Å². The minimum atomic E-state index is 0.663. The summed E-state index contributed by atoms with van der Waals surface area (Å²) in [6, 6.07) is 13.9. The van der Waals surface area contributed by atoms with Gasteiger partial charge in [0.15, 0.2) is 0 Å². The maximum Gasteiger partial charge on any atom is 0.128 e. The molecule has 4 heterocycles.